The van der Waals surface area contributed by atoms with Gasteiger partial charge >= 0.3 is 0 Å². The van der Waals surface area contributed by atoms with Gasteiger partial charge in [0.05, 0.1) is 12.3 Å². The number of hydrogen-bond donors (Lipinski definition) is 1. The van der Waals surface area contributed by atoms with E-state index >= 15 is 0 Å². The molecule has 0 spiro atoms. The number of nitrogens with zero attached hydrogens (tertiary/aromatic N) is 1. The van der Waals surface area contributed by atoms with Gasteiger partial charge in [-0.3, -0.25) is 4.79 Å². The van der Waals surface area contributed by atoms with Crippen LogP contribution in [-0.4, -0.2) is 35.5 Å². The van der Waals surface area contributed by atoms with Gasteiger partial charge in [0.15, 0.2) is 0 Å². The second-order valence-electron chi connectivity index (χ2n) is 5.68. The van der Waals surface area contributed by atoms with Crippen molar-refractivity contribution in [3.05, 3.63) is 24.2 Å². The van der Waals surface area contributed by atoms with Crippen molar-refractivity contribution in [2.45, 2.75) is 58.2 Å². The minimum Gasteiger partial charge on any atom is -0.469 e. The summed E-state index contributed by atoms with van der Waals surface area (Å²) < 4.78 is 5.37. The zero-order valence-electron chi connectivity index (χ0n) is 12.1. The lowest BCUT2D eigenvalue weighted by Crippen LogP contribution is -2.55. The molecular formula is C15H24N2O2. The van der Waals surface area contributed by atoms with E-state index in [1.807, 2.05) is 17.0 Å². The molecule has 2 unspecified atom stereocenters. The van der Waals surface area contributed by atoms with Gasteiger partial charge in [-0.1, -0.05) is 13.8 Å². The molecule has 19 heavy (non-hydrogen) atoms. The summed E-state index contributed by atoms with van der Waals surface area (Å²) in [4.78, 5) is 14.5. The zero-order valence-corrected chi connectivity index (χ0v) is 12.1. The Labute approximate surface area is 115 Å². The smallest absolute Gasteiger partial charge is 0.239 e. The van der Waals surface area contributed by atoms with E-state index in [0.717, 1.165) is 31.6 Å². The Balaban J connectivity index is 1.96. The molecule has 1 aromatic heterocycles. The molecule has 0 bridgehead atoms. The van der Waals surface area contributed by atoms with Gasteiger partial charge in [0, 0.05) is 25.0 Å². The van der Waals surface area contributed by atoms with E-state index in [2.05, 4.69) is 26.1 Å². The van der Waals surface area contributed by atoms with Crippen LogP contribution in [0.15, 0.2) is 22.8 Å². The number of hydrogen-bond acceptors (Lipinski definition) is 3. The number of nitrogens with one attached hydrogen (secondary N) is 1. The molecule has 0 aliphatic carbocycles. The molecular weight excluding hydrogens is 240 g/mol. The van der Waals surface area contributed by atoms with Crippen LogP contribution in [0.4, 0.5) is 0 Å². The molecule has 1 N–H and O–H groups in total. The summed E-state index contributed by atoms with van der Waals surface area (Å²) in [5, 5.41) is 3.36. The summed E-state index contributed by atoms with van der Waals surface area (Å²) in [7, 11) is 0. The van der Waals surface area contributed by atoms with Crippen molar-refractivity contribution in [2.24, 2.45) is 0 Å². The summed E-state index contributed by atoms with van der Waals surface area (Å²) >= 11 is 0. The first-order valence-electron chi connectivity index (χ1n) is 7.17. The second-order valence-corrected chi connectivity index (χ2v) is 5.68. The molecule has 2 rings (SSSR count). The molecule has 106 valence electrons. The number of piperidine rings is 1. The van der Waals surface area contributed by atoms with Crippen LogP contribution in [0.1, 0.15) is 39.4 Å². The van der Waals surface area contributed by atoms with E-state index in [4.69, 9.17) is 4.42 Å². The largest absolute Gasteiger partial charge is 0.469 e. The molecule has 4 nitrogen and oxygen atoms in total. The van der Waals surface area contributed by atoms with Gasteiger partial charge in [-0.15, -0.1) is 0 Å². The normalized spacial score (nSPS) is 22.0. The number of carbonyl (C=O) groups excluding carboxylic acids is 1. The van der Waals surface area contributed by atoms with Gasteiger partial charge in [0.1, 0.15) is 5.76 Å². The van der Waals surface area contributed by atoms with Gasteiger partial charge in [-0.25, -0.2) is 0 Å². The summed E-state index contributed by atoms with van der Waals surface area (Å²) in [5.74, 6) is 1.18. The van der Waals surface area contributed by atoms with Crippen molar-refractivity contribution in [3.63, 3.8) is 0 Å². The Morgan fingerprint density at radius 2 is 2.26 bits per heavy atom. The van der Waals surface area contributed by atoms with Gasteiger partial charge in [-0.05, 0) is 31.9 Å². The fourth-order valence-electron chi connectivity index (χ4n) is 2.72. The first-order chi connectivity index (χ1) is 9.08. The average molecular weight is 264 g/mol. The van der Waals surface area contributed by atoms with Crippen molar-refractivity contribution in [1.82, 2.24) is 10.2 Å². The Bertz CT molecular complexity index is 400. The van der Waals surface area contributed by atoms with Gasteiger partial charge in [0.25, 0.3) is 0 Å². The van der Waals surface area contributed by atoms with Gasteiger partial charge in [-0.2, -0.15) is 0 Å². The molecule has 0 aromatic carbocycles. The predicted molar refractivity (Wildman–Crippen MR) is 74.9 cm³/mol. The highest BCUT2D eigenvalue weighted by molar-refractivity contribution is 5.83. The average Bonchev–Trinajstić information content (AvgIpc) is 2.84. The molecule has 0 radical (unpaired) electrons. The van der Waals surface area contributed by atoms with Crippen molar-refractivity contribution in [2.75, 3.05) is 6.54 Å². The van der Waals surface area contributed by atoms with Crippen LogP contribution < -0.4 is 5.32 Å². The maximum atomic E-state index is 12.5. The molecule has 1 aliphatic rings. The highest BCUT2D eigenvalue weighted by atomic mass is 16.3. The SMILES string of the molecule is CC(C)NC1CCCN(C(C)Cc2ccco2)C1=O. The molecule has 1 fully saturated rings. The number of amides is 1. The first-order valence-corrected chi connectivity index (χ1v) is 7.17. The monoisotopic (exact) mass is 264 g/mol. The Morgan fingerprint density at radius 3 is 2.89 bits per heavy atom. The Morgan fingerprint density at radius 1 is 1.47 bits per heavy atom. The van der Waals surface area contributed by atoms with Crippen LogP contribution in [-0.2, 0) is 11.2 Å². The van der Waals surface area contributed by atoms with Crippen LogP contribution in [0.2, 0.25) is 0 Å². The molecule has 1 aromatic rings. The van der Waals surface area contributed by atoms with E-state index in [9.17, 15) is 4.79 Å². The summed E-state index contributed by atoms with van der Waals surface area (Å²) in [6.45, 7) is 7.12. The Kier molecular flexibility index (Phi) is 4.64. The van der Waals surface area contributed by atoms with Gasteiger partial charge in [0.2, 0.25) is 5.91 Å². The van der Waals surface area contributed by atoms with E-state index < -0.39 is 0 Å². The van der Waals surface area contributed by atoms with Crippen LogP contribution in [0.25, 0.3) is 0 Å². The third kappa shape index (κ3) is 3.60. The standard InChI is InChI=1S/C15H24N2O2/c1-11(2)16-14-7-4-8-17(15(14)18)12(3)10-13-6-5-9-19-13/h5-6,9,11-12,14,16H,4,7-8,10H2,1-3H3. The molecule has 4 heteroatoms. The third-order valence-corrected chi connectivity index (χ3v) is 3.62. The fourth-order valence-corrected chi connectivity index (χ4v) is 2.72. The first kappa shape index (κ1) is 14.1. The topological polar surface area (TPSA) is 45.5 Å². The van der Waals surface area contributed by atoms with Crippen LogP contribution in [0, 0.1) is 0 Å². The van der Waals surface area contributed by atoms with Crippen molar-refractivity contribution >= 4 is 5.91 Å². The second kappa shape index (κ2) is 6.24. The lowest BCUT2D eigenvalue weighted by molar-refractivity contribution is -0.138. The minimum absolute atomic E-state index is 0.0206. The third-order valence-electron chi connectivity index (χ3n) is 3.62. The molecule has 2 atom stereocenters. The molecule has 1 amide bonds. The lowest BCUT2D eigenvalue weighted by atomic mass is 10.0. The van der Waals surface area contributed by atoms with Crippen LogP contribution >= 0.6 is 0 Å². The molecule has 2 heterocycles. The van der Waals surface area contributed by atoms with Crippen molar-refractivity contribution in [1.29, 1.82) is 0 Å². The maximum absolute atomic E-state index is 12.5. The summed E-state index contributed by atoms with van der Waals surface area (Å²) in [6.07, 6.45) is 4.48. The number of furan rings is 1. The quantitative estimate of drug-likeness (QED) is 0.886. The molecule has 1 aliphatic heterocycles. The Hall–Kier alpha value is -1.29. The van der Waals surface area contributed by atoms with Gasteiger partial charge < -0.3 is 14.6 Å². The van der Waals surface area contributed by atoms with Crippen LogP contribution in [0.5, 0.6) is 0 Å². The van der Waals surface area contributed by atoms with E-state index in [1.54, 1.807) is 6.26 Å². The summed E-state index contributed by atoms with van der Waals surface area (Å²) in [5.41, 5.74) is 0. The predicted octanol–water partition coefficient (Wildman–Crippen LogP) is 2.20. The fraction of sp³-hybridized carbons (Fsp3) is 0.667. The van der Waals surface area contributed by atoms with Crippen molar-refractivity contribution < 1.29 is 9.21 Å². The zero-order chi connectivity index (χ0) is 13.8. The van der Waals surface area contributed by atoms with Crippen molar-refractivity contribution in [3.8, 4) is 0 Å². The molecule has 1 saturated heterocycles. The highest BCUT2D eigenvalue weighted by Gasteiger charge is 2.31. The summed E-state index contributed by atoms with van der Waals surface area (Å²) in [6, 6.07) is 4.37. The number of likely N-dealkylation sites (tertiary alicyclic amines) is 1. The minimum atomic E-state index is -0.0206. The molecule has 0 saturated carbocycles. The van der Waals surface area contributed by atoms with Crippen LogP contribution in [0.3, 0.4) is 0 Å². The van der Waals surface area contributed by atoms with E-state index in [-0.39, 0.29) is 18.0 Å². The van der Waals surface area contributed by atoms with E-state index in [0.29, 0.717) is 6.04 Å². The maximum Gasteiger partial charge on any atom is 0.239 e. The highest BCUT2D eigenvalue weighted by Crippen LogP contribution is 2.18. The lowest BCUT2D eigenvalue weighted by Gasteiger charge is -2.37. The van der Waals surface area contributed by atoms with E-state index in [1.165, 1.54) is 0 Å². The number of rotatable bonds is 5. The number of carbonyl (C=O) groups is 1.